The van der Waals surface area contributed by atoms with Gasteiger partial charge >= 0.3 is 0 Å². The van der Waals surface area contributed by atoms with Crippen molar-refractivity contribution in [2.75, 3.05) is 0 Å². The molecular weight excluding hydrogens is 367 g/mol. The van der Waals surface area contributed by atoms with Crippen LogP contribution in [0.4, 0.5) is 4.39 Å². The molecule has 2 heterocycles. The third-order valence-electron chi connectivity index (χ3n) is 3.96. The van der Waals surface area contributed by atoms with Gasteiger partial charge in [-0.05, 0) is 18.6 Å². The zero-order chi connectivity index (χ0) is 19.2. The second kappa shape index (κ2) is 8.68. The molecule has 0 spiro atoms. The van der Waals surface area contributed by atoms with Crippen molar-refractivity contribution in [1.82, 2.24) is 14.3 Å². The summed E-state index contributed by atoms with van der Waals surface area (Å²) in [5, 5.41) is 5.89. The topological polar surface area (TPSA) is 69.2 Å². The lowest BCUT2D eigenvalue weighted by atomic mass is 10.2. The van der Waals surface area contributed by atoms with Gasteiger partial charge in [0.05, 0.1) is 6.54 Å². The third kappa shape index (κ3) is 4.65. The largest absolute Gasteiger partial charge is 0.319 e. The lowest BCUT2D eigenvalue weighted by molar-refractivity contribution is 0.0990. The molecule has 3 rings (SSSR count). The smallest absolute Gasteiger partial charge is 0.300 e. The van der Waals surface area contributed by atoms with Gasteiger partial charge in [-0.15, -0.1) is 11.3 Å². The van der Waals surface area contributed by atoms with Crippen LogP contribution >= 0.6 is 11.3 Å². The maximum atomic E-state index is 13.9. The number of carbonyl (C=O) groups excluding carboxylic acids is 1. The first-order chi connectivity index (χ1) is 13.1. The Bertz CT molecular complexity index is 1070. The van der Waals surface area contributed by atoms with Gasteiger partial charge in [0.2, 0.25) is 0 Å². The number of thiazole rings is 1. The van der Waals surface area contributed by atoms with Crippen LogP contribution in [-0.4, -0.2) is 20.3 Å². The standard InChI is InChI=1S/C19H19FN4O2S/c1-2-3-10-24-17(25)9-8-16(22-24)18(26)21-19-23(11-12-27-19)13-14-6-4-5-7-15(14)20/h4-9,11-12H,2-3,10,13H2,1H3. The zero-order valence-corrected chi connectivity index (χ0v) is 15.7. The Morgan fingerprint density at radius 1 is 1.26 bits per heavy atom. The van der Waals surface area contributed by atoms with Gasteiger partial charge in [0.25, 0.3) is 11.5 Å². The summed E-state index contributed by atoms with van der Waals surface area (Å²) in [5.41, 5.74) is 0.373. The molecule has 0 radical (unpaired) electrons. The number of carbonyl (C=O) groups is 1. The molecule has 0 aliphatic rings. The van der Waals surface area contributed by atoms with Crippen LogP contribution < -0.4 is 10.4 Å². The van der Waals surface area contributed by atoms with E-state index in [2.05, 4.69) is 10.1 Å². The molecule has 0 fully saturated rings. The molecule has 0 N–H and O–H groups in total. The van der Waals surface area contributed by atoms with Crippen molar-refractivity contribution in [2.45, 2.75) is 32.9 Å². The first-order valence-electron chi connectivity index (χ1n) is 8.63. The summed E-state index contributed by atoms with van der Waals surface area (Å²) >= 11 is 1.28. The molecule has 0 aliphatic carbocycles. The molecule has 0 aliphatic heterocycles. The number of amides is 1. The zero-order valence-electron chi connectivity index (χ0n) is 14.8. The van der Waals surface area contributed by atoms with Crippen molar-refractivity contribution in [3.8, 4) is 0 Å². The Morgan fingerprint density at radius 2 is 2.07 bits per heavy atom. The van der Waals surface area contributed by atoms with E-state index in [0.717, 1.165) is 12.8 Å². The van der Waals surface area contributed by atoms with Crippen LogP contribution in [0.2, 0.25) is 0 Å². The van der Waals surface area contributed by atoms with Gasteiger partial charge in [-0.3, -0.25) is 9.59 Å². The second-order valence-corrected chi connectivity index (χ2v) is 6.83. The van der Waals surface area contributed by atoms with E-state index < -0.39 is 5.91 Å². The predicted octanol–water partition coefficient (Wildman–Crippen LogP) is 2.83. The van der Waals surface area contributed by atoms with Crippen LogP contribution in [0.5, 0.6) is 0 Å². The van der Waals surface area contributed by atoms with Crippen LogP contribution in [0.1, 0.15) is 35.8 Å². The molecule has 3 aromatic rings. The number of nitrogens with zero attached hydrogens (tertiary/aromatic N) is 4. The molecule has 0 saturated carbocycles. The Balaban J connectivity index is 1.88. The minimum atomic E-state index is -0.537. The lowest BCUT2D eigenvalue weighted by Gasteiger charge is -2.05. The van der Waals surface area contributed by atoms with E-state index in [1.54, 1.807) is 34.3 Å². The van der Waals surface area contributed by atoms with Crippen molar-refractivity contribution in [1.29, 1.82) is 0 Å². The van der Waals surface area contributed by atoms with Gasteiger partial charge in [-0.2, -0.15) is 10.1 Å². The molecule has 27 heavy (non-hydrogen) atoms. The van der Waals surface area contributed by atoms with E-state index in [1.165, 1.54) is 34.2 Å². The number of aryl methyl sites for hydroxylation is 1. The summed E-state index contributed by atoms with van der Waals surface area (Å²) in [7, 11) is 0. The minimum absolute atomic E-state index is 0.108. The fraction of sp³-hybridized carbons (Fsp3) is 0.263. The van der Waals surface area contributed by atoms with Crippen molar-refractivity contribution < 1.29 is 9.18 Å². The van der Waals surface area contributed by atoms with Gasteiger partial charge in [0, 0.05) is 29.8 Å². The Kier molecular flexibility index (Phi) is 6.08. The van der Waals surface area contributed by atoms with Crippen molar-refractivity contribution in [3.05, 3.63) is 80.2 Å². The highest BCUT2D eigenvalue weighted by atomic mass is 32.1. The molecule has 0 unspecified atom stereocenters. The fourth-order valence-corrected chi connectivity index (χ4v) is 3.22. The highest BCUT2D eigenvalue weighted by Crippen LogP contribution is 2.08. The number of hydrogen-bond acceptors (Lipinski definition) is 4. The summed E-state index contributed by atoms with van der Waals surface area (Å²) in [5.74, 6) is -0.844. The Morgan fingerprint density at radius 3 is 2.85 bits per heavy atom. The van der Waals surface area contributed by atoms with Gasteiger partial charge in [0.1, 0.15) is 5.82 Å². The summed E-state index contributed by atoms with van der Waals surface area (Å²) in [6, 6.07) is 9.19. The molecular formula is C19H19FN4O2S. The number of benzene rings is 1. The first-order valence-corrected chi connectivity index (χ1v) is 9.51. The average Bonchev–Trinajstić information content (AvgIpc) is 3.09. The Hall–Kier alpha value is -2.87. The first kappa shape index (κ1) is 18.9. The average molecular weight is 386 g/mol. The van der Waals surface area contributed by atoms with E-state index in [-0.39, 0.29) is 23.6 Å². The van der Waals surface area contributed by atoms with E-state index in [4.69, 9.17) is 0 Å². The molecule has 0 atom stereocenters. The van der Waals surface area contributed by atoms with Crippen LogP contribution in [0, 0.1) is 5.82 Å². The maximum Gasteiger partial charge on any atom is 0.300 e. The van der Waals surface area contributed by atoms with Gasteiger partial charge < -0.3 is 4.57 Å². The minimum Gasteiger partial charge on any atom is -0.319 e. The van der Waals surface area contributed by atoms with Crippen LogP contribution in [-0.2, 0) is 13.1 Å². The van der Waals surface area contributed by atoms with E-state index in [0.29, 0.717) is 16.9 Å². The van der Waals surface area contributed by atoms with E-state index >= 15 is 0 Å². The quantitative estimate of drug-likeness (QED) is 0.654. The van der Waals surface area contributed by atoms with E-state index in [9.17, 15) is 14.0 Å². The monoisotopic (exact) mass is 386 g/mol. The highest BCUT2D eigenvalue weighted by molar-refractivity contribution is 7.07. The summed E-state index contributed by atoms with van der Waals surface area (Å²) in [4.78, 5) is 28.9. The van der Waals surface area contributed by atoms with Crippen LogP contribution in [0.3, 0.4) is 0 Å². The number of rotatable bonds is 6. The Labute approximate surface area is 159 Å². The number of halogens is 1. The van der Waals surface area contributed by atoms with Crippen molar-refractivity contribution in [3.63, 3.8) is 0 Å². The number of hydrogen-bond donors (Lipinski definition) is 0. The van der Waals surface area contributed by atoms with Gasteiger partial charge in [-0.25, -0.2) is 9.07 Å². The lowest BCUT2D eigenvalue weighted by Crippen LogP contribution is -2.25. The maximum absolute atomic E-state index is 13.9. The molecule has 140 valence electrons. The van der Waals surface area contributed by atoms with Gasteiger partial charge in [-0.1, -0.05) is 31.5 Å². The molecule has 0 saturated heterocycles. The van der Waals surface area contributed by atoms with E-state index in [1.807, 2.05) is 6.92 Å². The number of unbranched alkanes of at least 4 members (excludes halogenated alkanes) is 1. The summed E-state index contributed by atoms with van der Waals surface area (Å²) in [6.07, 6.45) is 3.47. The highest BCUT2D eigenvalue weighted by Gasteiger charge is 2.10. The molecule has 0 bridgehead atoms. The molecule has 1 amide bonds. The summed E-state index contributed by atoms with van der Waals surface area (Å²) < 4.78 is 16.9. The molecule has 1 aromatic carbocycles. The molecule has 6 nitrogen and oxygen atoms in total. The fourth-order valence-electron chi connectivity index (χ4n) is 2.49. The summed E-state index contributed by atoms with van der Waals surface area (Å²) in [6.45, 7) is 2.74. The van der Waals surface area contributed by atoms with Crippen LogP contribution in [0.15, 0.2) is 57.8 Å². The SMILES string of the molecule is CCCCn1nc(C(=O)N=c2sccn2Cc2ccccc2F)ccc1=O. The van der Waals surface area contributed by atoms with Gasteiger partial charge in [0.15, 0.2) is 10.5 Å². The molecule has 8 heteroatoms. The van der Waals surface area contributed by atoms with Crippen molar-refractivity contribution >= 4 is 17.2 Å². The van der Waals surface area contributed by atoms with Crippen LogP contribution in [0.25, 0.3) is 0 Å². The predicted molar refractivity (Wildman–Crippen MR) is 101 cm³/mol. The molecule has 2 aromatic heterocycles. The third-order valence-corrected chi connectivity index (χ3v) is 4.76. The second-order valence-electron chi connectivity index (χ2n) is 5.96. The normalized spacial score (nSPS) is 11.7. The number of aromatic nitrogens is 3. The van der Waals surface area contributed by atoms with Crippen molar-refractivity contribution in [2.24, 2.45) is 4.99 Å².